The molecule has 0 heterocycles. The highest BCUT2D eigenvalue weighted by atomic mass is 32.1. The molecule has 0 aliphatic heterocycles. The molecule has 1 aliphatic carbocycles. The Morgan fingerprint density at radius 2 is 0.422 bits per heavy atom. The molecule has 12 heteroatoms. The van der Waals surface area contributed by atoms with Crippen molar-refractivity contribution < 1.29 is 28.4 Å². The molecule has 0 saturated carbocycles. The van der Waals surface area contributed by atoms with Gasteiger partial charge in [-0.25, -0.2) is 15.0 Å². The van der Waals surface area contributed by atoms with Crippen molar-refractivity contribution in [3.63, 3.8) is 0 Å². The lowest BCUT2D eigenvalue weighted by molar-refractivity contribution is 0.322. The van der Waals surface area contributed by atoms with Gasteiger partial charge in [0.2, 0.25) is 0 Å². The van der Waals surface area contributed by atoms with E-state index in [0.29, 0.717) is 78.0 Å². The van der Waals surface area contributed by atoms with Crippen LogP contribution in [0.1, 0.15) is 225 Å². The van der Waals surface area contributed by atoms with E-state index in [1.807, 2.05) is 0 Å². The van der Waals surface area contributed by atoms with Crippen LogP contribution in [0, 0.1) is 0 Å². The molecule has 6 aromatic rings. The first-order chi connectivity index (χ1) is 42.1. The molecular weight excluding hydrogens is 1170 g/mol. The largest absolute Gasteiger partial charge is 0.496 e. The number of isothiocyanates is 3. The summed E-state index contributed by atoms with van der Waals surface area (Å²) in [5.41, 5.74) is 18.2. The maximum atomic E-state index is 7.09. The van der Waals surface area contributed by atoms with Crippen molar-refractivity contribution in [2.75, 3.05) is 60.8 Å². The van der Waals surface area contributed by atoms with Gasteiger partial charge in [0.15, 0.2) is 0 Å². The molecule has 1 aliphatic rings. The van der Waals surface area contributed by atoms with Crippen LogP contribution in [-0.2, 0) is 71.0 Å². The van der Waals surface area contributed by atoms with Crippen molar-refractivity contribution in [3.8, 4) is 34.5 Å². The third kappa shape index (κ3) is 17.6. The number of benzene rings is 6. The lowest BCUT2D eigenvalue weighted by atomic mass is 9.79. The van der Waals surface area contributed by atoms with E-state index in [1.54, 1.807) is 21.3 Å². The van der Waals surface area contributed by atoms with Gasteiger partial charge in [-0.3, -0.25) is 0 Å². The lowest BCUT2D eigenvalue weighted by Gasteiger charge is -2.29. The minimum absolute atomic E-state index is 0.232. The third-order valence-corrected chi connectivity index (χ3v) is 17.5. The summed E-state index contributed by atoms with van der Waals surface area (Å²) >= 11 is 15.3. The number of hydrogen-bond acceptors (Lipinski definition) is 12. The Kier molecular flexibility index (Phi) is 22.9. The Morgan fingerprint density at radius 3 is 0.544 bits per heavy atom. The van der Waals surface area contributed by atoms with Crippen LogP contribution in [0.3, 0.4) is 0 Å². The lowest BCUT2D eigenvalue weighted by Crippen LogP contribution is -2.17. The van der Waals surface area contributed by atoms with E-state index >= 15 is 0 Å². The average molecular weight is 1270 g/mol. The molecule has 0 aromatic heterocycles. The fraction of sp³-hybridized carbons (Fsp3) is 0.500. The number of fused-ring (bicyclic) bond motifs is 12. The summed E-state index contributed by atoms with van der Waals surface area (Å²) in [6, 6.07) is 28.1. The highest BCUT2D eigenvalue weighted by molar-refractivity contribution is 7.78. The molecule has 0 amide bonds. The van der Waals surface area contributed by atoms with Gasteiger partial charge in [-0.1, -0.05) is 197 Å². The Labute approximate surface area is 555 Å². The molecule has 0 radical (unpaired) electrons. The fourth-order valence-corrected chi connectivity index (χ4v) is 12.3. The zero-order valence-corrected chi connectivity index (χ0v) is 60.4. The van der Waals surface area contributed by atoms with Crippen LogP contribution in [0.25, 0.3) is 0 Å². The Hall–Kier alpha value is -6.48. The second kappa shape index (κ2) is 29.0. The summed E-state index contributed by atoms with van der Waals surface area (Å²) in [5.74, 6) is 4.85. The van der Waals surface area contributed by atoms with Crippen molar-refractivity contribution >= 4 is 52.1 Å². The second-order valence-corrected chi connectivity index (χ2v) is 30.9. The molecular formula is C78H99N3O6S3. The average Bonchev–Trinajstić information content (AvgIpc) is 0.789. The number of rotatable bonds is 15. The highest BCUT2D eigenvalue weighted by Crippen LogP contribution is 2.46. The first kappa shape index (κ1) is 71.0. The van der Waals surface area contributed by atoms with E-state index in [1.165, 1.54) is 33.4 Å². The van der Waals surface area contributed by atoms with Crippen LogP contribution in [0.5, 0.6) is 34.5 Å². The molecule has 0 atom stereocenters. The van der Waals surface area contributed by atoms with Crippen molar-refractivity contribution in [3.05, 3.63) is 173 Å². The van der Waals surface area contributed by atoms with E-state index in [0.717, 1.165) is 101 Å². The molecule has 0 spiro atoms. The van der Waals surface area contributed by atoms with Crippen molar-refractivity contribution in [2.45, 2.75) is 196 Å². The minimum Gasteiger partial charge on any atom is -0.496 e. The Bertz CT molecular complexity index is 3210. The molecule has 12 bridgehead atoms. The van der Waals surface area contributed by atoms with E-state index in [4.69, 9.17) is 65.1 Å². The van der Waals surface area contributed by atoms with Gasteiger partial charge in [-0.15, -0.1) is 0 Å². The molecule has 9 nitrogen and oxygen atoms in total. The van der Waals surface area contributed by atoms with Gasteiger partial charge < -0.3 is 28.4 Å². The van der Waals surface area contributed by atoms with Crippen LogP contribution >= 0.6 is 36.7 Å². The summed E-state index contributed by atoms with van der Waals surface area (Å²) in [5, 5.41) is 7.69. The summed E-state index contributed by atoms with van der Waals surface area (Å²) in [6.07, 6.45) is 3.06. The van der Waals surface area contributed by atoms with Crippen molar-refractivity contribution in [1.82, 2.24) is 0 Å². The zero-order valence-electron chi connectivity index (χ0n) is 57.9. The normalized spacial score (nSPS) is 13.2. The summed E-state index contributed by atoms with van der Waals surface area (Å²) in [6.45, 7) is 43.0. The Balaban J connectivity index is 1.71. The SMILES string of the molecule is COc1c2cc(C(C)(C)C)cc1Cc1cc(C(C)(C)C)cc(c1OCCN=C=S)Cc1cc(C(C)(C)C)cc(c1OC)Cc1cc(C(C)(C)C)cc(c1OCCN=C=S)Cc1cc(C(C)(C)C)cc(c1OC)Cc1cc(C(C)(C)C)cc(c1OCCN=C=S)C2. The molecule has 0 N–H and O–H groups in total. The number of aliphatic imine (C=N–C) groups is 3. The molecule has 7 rings (SSSR count). The topological polar surface area (TPSA) is 92.5 Å². The first-order valence-electron chi connectivity index (χ1n) is 31.7. The maximum absolute atomic E-state index is 7.09. The molecule has 0 unspecified atom stereocenters. The van der Waals surface area contributed by atoms with Gasteiger partial charge in [0.05, 0.1) is 56.4 Å². The van der Waals surface area contributed by atoms with Crippen molar-refractivity contribution in [2.24, 2.45) is 15.0 Å². The van der Waals surface area contributed by atoms with Crippen LogP contribution in [0.15, 0.2) is 87.8 Å². The van der Waals surface area contributed by atoms with Gasteiger partial charge >= 0.3 is 0 Å². The minimum atomic E-state index is -0.239. The molecule has 6 aromatic carbocycles. The quantitative estimate of drug-likeness (QED) is 0.0565. The monoisotopic (exact) mass is 1270 g/mol. The summed E-state index contributed by atoms with van der Waals surface area (Å²) in [4.78, 5) is 13.0. The number of ether oxygens (including phenoxy) is 6. The molecule has 0 saturated heterocycles. The van der Waals surface area contributed by atoms with Gasteiger partial charge in [-0.2, -0.15) is 0 Å². The third-order valence-electron chi connectivity index (χ3n) is 17.1. The Morgan fingerprint density at radius 1 is 0.278 bits per heavy atom. The molecule has 90 heavy (non-hydrogen) atoms. The van der Waals surface area contributed by atoms with Crippen LogP contribution < -0.4 is 28.4 Å². The van der Waals surface area contributed by atoms with Crippen LogP contribution in [0.2, 0.25) is 0 Å². The van der Waals surface area contributed by atoms with E-state index in [2.05, 4.69) is 228 Å². The summed E-state index contributed by atoms with van der Waals surface area (Å²) < 4.78 is 41.5. The van der Waals surface area contributed by atoms with Gasteiger partial charge in [0.25, 0.3) is 0 Å². The molecule has 480 valence electrons. The van der Waals surface area contributed by atoms with E-state index in [-0.39, 0.29) is 32.5 Å². The maximum Gasteiger partial charge on any atom is 0.126 e. The smallest absolute Gasteiger partial charge is 0.126 e. The predicted molar refractivity (Wildman–Crippen MR) is 384 cm³/mol. The van der Waals surface area contributed by atoms with Gasteiger partial charge in [0, 0.05) is 38.5 Å². The predicted octanol–water partition coefficient (Wildman–Crippen LogP) is 18.8. The van der Waals surface area contributed by atoms with Crippen LogP contribution in [0.4, 0.5) is 0 Å². The van der Waals surface area contributed by atoms with Crippen molar-refractivity contribution in [1.29, 1.82) is 0 Å². The number of methoxy groups -OCH3 is 3. The number of hydrogen-bond donors (Lipinski definition) is 0. The number of thiocarbonyl (C=S) groups is 3. The van der Waals surface area contributed by atoms with Crippen LogP contribution in [-0.4, -0.2) is 76.3 Å². The first-order valence-corrected chi connectivity index (χ1v) is 32.9. The van der Waals surface area contributed by atoms with E-state index < -0.39 is 0 Å². The second-order valence-electron chi connectivity index (χ2n) is 30.4. The fourth-order valence-electron chi connectivity index (χ4n) is 12.0. The van der Waals surface area contributed by atoms with Gasteiger partial charge in [-0.05, 0) is 169 Å². The summed E-state index contributed by atoms with van der Waals surface area (Å²) in [7, 11) is 5.39. The van der Waals surface area contributed by atoms with E-state index in [9.17, 15) is 0 Å². The molecule has 0 fully saturated rings. The number of nitrogens with zero attached hydrogens (tertiary/aromatic N) is 3. The standard InChI is InChI=1S/C78H99N3O6S3/c1-73(2,3)61-34-49-28-55-40-64(76(10,11)12)42-57(70(55)85-25-22-79-46-88)30-51-36-62(74(4,5)6)38-53(68(51)83-20)32-59-44-66(78(16,17)18)45-60(72(59)87-27-24-81-48-90)33-54-39-63(75(7,8)9)37-52(69(54)84-21)31-58-43-65(77(13,14)15)41-56(29-50(35-61)67(49)82-19)71(58)86-26-23-80-47-89/h34-45H,22-33H2,1-21H3. The highest BCUT2D eigenvalue weighted by Gasteiger charge is 2.31. The zero-order chi connectivity index (χ0) is 66.3. The van der Waals surface area contributed by atoms with Gasteiger partial charge in [0.1, 0.15) is 54.3 Å².